The van der Waals surface area contributed by atoms with Gasteiger partial charge in [-0.1, -0.05) is 51.1 Å². The monoisotopic (exact) mass is 462 g/mol. The average molecular weight is 463 g/mol. The van der Waals surface area contributed by atoms with Crippen molar-refractivity contribution >= 4 is 17.5 Å². The summed E-state index contributed by atoms with van der Waals surface area (Å²) in [5.74, 6) is -0.713. The van der Waals surface area contributed by atoms with Crippen LogP contribution in [-0.2, 0) is 5.41 Å². The van der Waals surface area contributed by atoms with E-state index in [9.17, 15) is 10.5 Å². The lowest BCUT2D eigenvalue weighted by atomic mass is 9.87. The molecule has 0 aliphatic carbocycles. The van der Waals surface area contributed by atoms with Crippen molar-refractivity contribution in [3.05, 3.63) is 88.8 Å². The summed E-state index contributed by atoms with van der Waals surface area (Å²) in [6.45, 7) is 10.7. The summed E-state index contributed by atoms with van der Waals surface area (Å²) >= 11 is 0. The highest BCUT2D eigenvalue weighted by molar-refractivity contribution is 6.11. The van der Waals surface area contributed by atoms with Gasteiger partial charge in [-0.2, -0.15) is 15.6 Å². The fourth-order valence-electron chi connectivity index (χ4n) is 4.48. The number of hydrogen-bond donors (Lipinski definition) is 1. The zero-order chi connectivity index (χ0) is 25.3. The van der Waals surface area contributed by atoms with Crippen molar-refractivity contribution in [1.82, 2.24) is 4.57 Å². The second kappa shape index (κ2) is 9.25. The zero-order valence-electron chi connectivity index (χ0n) is 20.8. The number of anilines is 1. The number of para-hydroxylation sites is 1. The summed E-state index contributed by atoms with van der Waals surface area (Å²) in [6.07, 6.45) is 1.15. The molecule has 0 fully saturated rings. The van der Waals surface area contributed by atoms with E-state index in [1.165, 1.54) is 5.56 Å². The molecule has 3 aromatic rings. The van der Waals surface area contributed by atoms with E-state index in [0.29, 0.717) is 11.3 Å². The van der Waals surface area contributed by atoms with Gasteiger partial charge >= 0.3 is 0 Å². The summed E-state index contributed by atoms with van der Waals surface area (Å²) in [4.78, 5) is 0. The van der Waals surface area contributed by atoms with Gasteiger partial charge in [-0.05, 0) is 66.8 Å². The van der Waals surface area contributed by atoms with Crippen LogP contribution in [0.3, 0.4) is 0 Å². The lowest BCUT2D eigenvalue weighted by Crippen LogP contribution is -2.40. The maximum absolute atomic E-state index is 10.0. The van der Waals surface area contributed by atoms with Crippen molar-refractivity contribution in [3.8, 4) is 17.8 Å². The van der Waals surface area contributed by atoms with E-state index in [-0.39, 0.29) is 5.41 Å². The summed E-state index contributed by atoms with van der Waals surface area (Å²) in [5, 5.41) is 26.1. The minimum atomic E-state index is -0.713. The van der Waals surface area contributed by atoms with Gasteiger partial charge in [-0.25, -0.2) is 5.01 Å². The molecule has 0 spiro atoms. The van der Waals surface area contributed by atoms with Crippen molar-refractivity contribution in [2.24, 2.45) is 16.8 Å². The Kier molecular flexibility index (Phi) is 6.35. The first-order chi connectivity index (χ1) is 16.7. The van der Waals surface area contributed by atoms with Crippen LogP contribution in [0.1, 0.15) is 43.3 Å². The lowest BCUT2D eigenvalue weighted by molar-refractivity contribution is 0.590. The third-order valence-electron chi connectivity index (χ3n) is 6.45. The van der Waals surface area contributed by atoms with Crippen LogP contribution in [0.5, 0.6) is 0 Å². The Morgan fingerprint density at radius 3 is 2.23 bits per heavy atom. The molecule has 0 unspecified atom stereocenters. The molecule has 0 bridgehead atoms. The number of rotatable bonds is 4. The first kappa shape index (κ1) is 24.0. The Hall–Kier alpha value is -4.13. The quantitative estimate of drug-likeness (QED) is 0.511. The van der Waals surface area contributed by atoms with Gasteiger partial charge in [0, 0.05) is 17.1 Å². The number of nitrogens with two attached hydrogens (primary N) is 1. The van der Waals surface area contributed by atoms with Gasteiger partial charge in [0.05, 0.1) is 23.0 Å². The Bertz CT molecular complexity index is 1370. The van der Waals surface area contributed by atoms with Crippen molar-refractivity contribution in [2.45, 2.75) is 46.2 Å². The van der Waals surface area contributed by atoms with Gasteiger partial charge in [0.1, 0.15) is 18.2 Å². The molecule has 4 rings (SSSR count). The van der Waals surface area contributed by atoms with Crippen LogP contribution in [0.4, 0.5) is 5.69 Å². The van der Waals surface area contributed by atoms with Gasteiger partial charge in [0.15, 0.2) is 0 Å². The van der Waals surface area contributed by atoms with Crippen molar-refractivity contribution in [3.63, 3.8) is 0 Å². The minimum absolute atomic E-state index is 0.0860. The predicted molar refractivity (Wildman–Crippen MR) is 141 cm³/mol. The molecule has 6 nitrogen and oxygen atoms in total. The number of aromatic nitrogens is 1. The van der Waals surface area contributed by atoms with Crippen LogP contribution < -0.4 is 10.7 Å². The third kappa shape index (κ3) is 4.49. The number of allylic oxidation sites excluding steroid dienone is 1. The second-order valence-electron chi connectivity index (χ2n) is 9.89. The van der Waals surface area contributed by atoms with Crippen LogP contribution >= 0.6 is 0 Å². The average Bonchev–Trinajstić information content (AvgIpc) is 3.32. The highest BCUT2D eigenvalue weighted by Crippen LogP contribution is 2.30. The van der Waals surface area contributed by atoms with Crippen molar-refractivity contribution in [1.29, 1.82) is 10.5 Å². The van der Waals surface area contributed by atoms with Crippen molar-refractivity contribution < 1.29 is 0 Å². The molecule has 2 heterocycles. The molecule has 6 heteroatoms. The SMILES string of the molecule is Cc1cc(/C=C(/C#N)C2=NN(c3ccccc3)[C@H](N)[C@H]2C#N)c(C)n1-c1ccc(C(C)(C)C)cc1. The van der Waals surface area contributed by atoms with Crippen molar-refractivity contribution in [2.75, 3.05) is 5.01 Å². The Balaban J connectivity index is 1.73. The van der Waals surface area contributed by atoms with E-state index in [1.54, 1.807) is 5.01 Å². The fourth-order valence-corrected chi connectivity index (χ4v) is 4.48. The summed E-state index contributed by atoms with van der Waals surface area (Å²) in [7, 11) is 0. The summed E-state index contributed by atoms with van der Waals surface area (Å²) in [6, 6.07) is 24.6. The Morgan fingerprint density at radius 2 is 1.66 bits per heavy atom. The Labute approximate surface area is 207 Å². The largest absolute Gasteiger partial charge is 0.318 e. The van der Waals surface area contributed by atoms with Gasteiger partial charge in [-0.3, -0.25) is 0 Å². The van der Waals surface area contributed by atoms with E-state index in [1.807, 2.05) is 50.3 Å². The van der Waals surface area contributed by atoms with Gasteiger partial charge in [-0.15, -0.1) is 0 Å². The fraction of sp³-hybridized carbons (Fsp3) is 0.276. The van der Waals surface area contributed by atoms with Gasteiger partial charge < -0.3 is 10.3 Å². The number of hydrogen-bond acceptors (Lipinski definition) is 5. The summed E-state index contributed by atoms with van der Waals surface area (Å²) < 4.78 is 2.17. The molecule has 35 heavy (non-hydrogen) atoms. The highest BCUT2D eigenvalue weighted by Gasteiger charge is 2.37. The third-order valence-corrected chi connectivity index (χ3v) is 6.45. The first-order valence-corrected chi connectivity index (χ1v) is 11.7. The Morgan fingerprint density at radius 1 is 1.00 bits per heavy atom. The standard InChI is InChI=1S/C29H30N6/c1-19-15-21(20(2)34(19)24-13-11-23(12-14-24)29(3,4)5)16-22(17-30)27-26(18-31)28(32)35(33-27)25-9-7-6-8-10-25/h6-16,26,28H,32H2,1-5H3/b22-16-/t26-,28-/m0/s1. The smallest absolute Gasteiger partial charge is 0.127 e. The zero-order valence-corrected chi connectivity index (χ0v) is 20.8. The van der Waals surface area contributed by atoms with E-state index in [2.05, 4.69) is 72.9 Å². The molecular formula is C29H30N6. The molecule has 0 amide bonds. The molecule has 176 valence electrons. The number of aryl methyl sites for hydroxylation is 1. The second-order valence-corrected chi connectivity index (χ2v) is 9.89. The predicted octanol–water partition coefficient (Wildman–Crippen LogP) is 5.60. The number of hydrazone groups is 1. The molecule has 2 aromatic carbocycles. The molecule has 2 N–H and O–H groups in total. The van der Waals surface area contributed by atoms with Crippen LogP contribution in [0.2, 0.25) is 0 Å². The normalized spacial score (nSPS) is 18.2. The van der Waals surface area contributed by atoms with E-state index >= 15 is 0 Å². The highest BCUT2D eigenvalue weighted by atomic mass is 15.5. The van der Waals surface area contributed by atoms with Crippen LogP contribution in [-0.4, -0.2) is 16.4 Å². The van der Waals surface area contributed by atoms with Crippen LogP contribution in [0.25, 0.3) is 11.8 Å². The van der Waals surface area contributed by atoms with Gasteiger partial charge in [0.25, 0.3) is 0 Å². The lowest BCUT2D eigenvalue weighted by Gasteiger charge is -2.21. The summed E-state index contributed by atoms with van der Waals surface area (Å²) in [5.41, 5.74) is 13.3. The number of nitrogens with zero attached hydrogens (tertiary/aromatic N) is 5. The minimum Gasteiger partial charge on any atom is -0.318 e. The molecule has 1 aliphatic rings. The number of nitriles is 2. The van der Waals surface area contributed by atoms with Gasteiger partial charge in [0.2, 0.25) is 0 Å². The molecular weight excluding hydrogens is 432 g/mol. The topological polar surface area (TPSA) is 94.1 Å². The van der Waals surface area contributed by atoms with E-state index in [0.717, 1.165) is 28.3 Å². The molecule has 0 saturated carbocycles. The van der Waals surface area contributed by atoms with E-state index in [4.69, 9.17) is 5.73 Å². The maximum atomic E-state index is 10.0. The molecule has 1 aliphatic heterocycles. The number of benzene rings is 2. The maximum Gasteiger partial charge on any atom is 0.127 e. The van der Waals surface area contributed by atoms with Crippen LogP contribution in [0.15, 0.2) is 71.3 Å². The molecule has 2 atom stereocenters. The molecule has 0 saturated heterocycles. The van der Waals surface area contributed by atoms with E-state index < -0.39 is 12.1 Å². The molecule has 0 radical (unpaired) electrons. The van der Waals surface area contributed by atoms with Crippen LogP contribution in [0, 0.1) is 42.4 Å². The first-order valence-electron chi connectivity index (χ1n) is 11.7. The molecule has 1 aromatic heterocycles.